The van der Waals surface area contributed by atoms with Gasteiger partial charge in [-0.15, -0.1) is 11.3 Å². The van der Waals surface area contributed by atoms with E-state index < -0.39 is 5.97 Å². The number of carboxylic acids is 1. The molecular formula is C31H37N3O4S. The molecule has 0 unspecified atom stereocenters. The Morgan fingerprint density at radius 3 is 2.41 bits per heavy atom. The molecule has 2 saturated carbocycles. The van der Waals surface area contributed by atoms with Crippen LogP contribution in [0.15, 0.2) is 24.3 Å². The van der Waals surface area contributed by atoms with Crippen LogP contribution in [0.3, 0.4) is 0 Å². The Kier molecular flexibility index (Phi) is 8.97. The zero-order valence-corrected chi connectivity index (χ0v) is 24.0. The zero-order valence-electron chi connectivity index (χ0n) is 23.2. The molecule has 2 aliphatic carbocycles. The number of anilines is 1. The SMILES string of the molecule is CC1CCC(C(=O)N(c2cc(C#CC(C)(C)C)sc2C(=O)O)C2CCC(Oc3cccc(C#N)n3)CC2)CC1. The Bertz CT molecular complexity index is 1290. The molecule has 1 N–H and O–H groups in total. The highest BCUT2D eigenvalue weighted by Gasteiger charge is 2.38. The fraction of sp³-hybridized carbons (Fsp3) is 0.548. The molecule has 2 aromatic rings. The van der Waals surface area contributed by atoms with Gasteiger partial charge in [0.15, 0.2) is 0 Å². The van der Waals surface area contributed by atoms with Crippen LogP contribution in [0, 0.1) is 40.4 Å². The summed E-state index contributed by atoms with van der Waals surface area (Å²) in [5.41, 5.74) is 0.563. The van der Waals surface area contributed by atoms with Crippen molar-refractivity contribution in [3.8, 4) is 23.8 Å². The third-order valence-electron chi connectivity index (χ3n) is 7.46. The molecule has 206 valence electrons. The van der Waals surface area contributed by atoms with Gasteiger partial charge in [-0.1, -0.05) is 24.8 Å². The fourth-order valence-corrected chi connectivity index (χ4v) is 6.20. The van der Waals surface area contributed by atoms with E-state index in [-0.39, 0.29) is 34.3 Å². The number of carbonyl (C=O) groups is 2. The molecular weight excluding hydrogens is 510 g/mol. The number of hydrogen-bond donors (Lipinski definition) is 1. The molecule has 2 aromatic heterocycles. The Morgan fingerprint density at radius 1 is 1.10 bits per heavy atom. The van der Waals surface area contributed by atoms with Crippen molar-refractivity contribution in [3.05, 3.63) is 39.7 Å². The third-order valence-corrected chi connectivity index (χ3v) is 8.49. The maximum Gasteiger partial charge on any atom is 0.348 e. The van der Waals surface area contributed by atoms with Crippen molar-refractivity contribution in [1.82, 2.24) is 4.98 Å². The summed E-state index contributed by atoms with van der Waals surface area (Å²) in [6.07, 6.45) is 6.40. The molecule has 0 aromatic carbocycles. The number of aromatic carboxylic acids is 1. The molecule has 7 nitrogen and oxygen atoms in total. The standard InChI is InChI=1S/C31H37N3O4S/c1-20-8-10-21(11-9-20)29(35)34(26-18-25(16-17-31(2,3)4)39-28(26)30(36)37)23-12-14-24(15-13-23)38-27-7-5-6-22(19-32)33-27/h5-7,18,20-21,23-24H,8-15H2,1-4H3,(H,36,37). The lowest BCUT2D eigenvalue weighted by atomic mass is 9.81. The van der Waals surface area contributed by atoms with Crippen LogP contribution >= 0.6 is 11.3 Å². The van der Waals surface area contributed by atoms with Crippen LogP contribution in [-0.4, -0.2) is 34.1 Å². The number of thiophene rings is 1. The number of nitrogens with zero attached hydrogens (tertiary/aromatic N) is 3. The Labute approximate surface area is 235 Å². The van der Waals surface area contributed by atoms with Crippen LogP contribution in [0.5, 0.6) is 5.88 Å². The summed E-state index contributed by atoms with van der Waals surface area (Å²) in [6, 6.07) is 8.85. The van der Waals surface area contributed by atoms with Crippen molar-refractivity contribution < 1.29 is 19.4 Å². The minimum Gasteiger partial charge on any atom is -0.477 e. The van der Waals surface area contributed by atoms with Gasteiger partial charge in [0.2, 0.25) is 11.8 Å². The van der Waals surface area contributed by atoms with Gasteiger partial charge >= 0.3 is 5.97 Å². The molecule has 0 bridgehead atoms. The van der Waals surface area contributed by atoms with E-state index in [0.29, 0.717) is 53.7 Å². The van der Waals surface area contributed by atoms with Crippen LogP contribution in [0.2, 0.25) is 0 Å². The van der Waals surface area contributed by atoms with Crippen LogP contribution in [-0.2, 0) is 4.79 Å². The number of carboxylic acid groups (broad SMARTS) is 1. The average Bonchev–Trinajstić information content (AvgIpc) is 3.33. The summed E-state index contributed by atoms with van der Waals surface area (Å²) < 4.78 is 6.07. The molecule has 0 radical (unpaired) electrons. The van der Waals surface area contributed by atoms with Gasteiger partial charge in [0.05, 0.1) is 10.6 Å². The number of hydrogen-bond acceptors (Lipinski definition) is 6. The first-order valence-electron chi connectivity index (χ1n) is 13.8. The lowest BCUT2D eigenvalue weighted by Gasteiger charge is -2.39. The van der Waals surface area contributed by atoms with Gasteiger partial charge in [-0.3, -0.25) is 4.79 Å². The summed E-state index contributed by atoms with van der Waals surface area (Å²) in [5, 5.41) is 19.2. The Hall–Kier alpha value is -3.36. The van der Waals surface area contributed by atoms with Gasteiger partial charge in [0.1, 0.15) is 22.7 Å². The van der Waals surface area contributed by atoms with Gasteiger partial charge in [0.25, 0.3) is 0 Å². The molecule has 2 aliphatic rings. The number of nitriles is 1. The first-order chi connectivity index (χ1) is 18.5. The Balaban J connectivity index is 1.60. The quantitative estimate of drug-likeness (QED) is 0.406. The van der Waals surface area contributed by atoms with Crippen molar-refractivity contribution >= 4 is 28.9 Å². The highest BCUT2D eigenvalue weighted by Crippen LogP contribution is 2.39. The third kappa shape index (κ3) is 7.40. The van der Waals surface area contributed by atoms with Crippen molar-refractivity contribution in [1.29, 1.82) is 5.26 Å². The summed E-state index contributed by atoms with van der Waals surface area (Å²) in [7, 11) is 0. The molecule has 39 heavy (non-hydrogen) atoms. The number of aromatic nitrogens is 1. The van der Waals surface area contributed by atoms with E-state index >= 15 is 0 Å². The molecule has 0 saturated heterocycles. The first-order valence-corrected chi connectivity index (χ1v) is 14.6. The van der Waals surface area contributed by atoms with E-state index in [9.17, 15) is 14.7 Å². The first kappa shape index (κ1) is 28.6. The summed E-state index contributed by atoms with van der Waals surface area (Å²) >= 11 is 1.14. The molecule has 0 atom stereocenters. The monoisotopic (exact) mass is 547 g/mol. The van der Waals surface area contributed by atoms with Crippen LogP contribution in [0.1, 0.15) is 99.3 Å². The van der Waals surface area contributed by atoms with Gasteiger partial charge in [-0.2, -0.15) is 5.26 Å². The average molecular weight is 548 g/mol. The van der Waals surface area contributed by atoms with E-state index in [2.05, 4.69) is 23.7 Å². The minimum atomic E-state index is -1.03. The zero-order chi connectivity index (χ0) is 28.2. The lowest BCUT2D eigenvalue weighted by molar-refractivity contribution is -0.124. The topological polar surface area (TPSA) is 104 Å². The second kappa shape index (κ2) is 12.2. The Morgan fingerprint density at radius 2 is 1.79 bits per heavy atom. The van der Waals surface area contributed by atoms with Gasteiger partial charge in [-0.05, 0) is 90.2 Å². The van der Waals surface area contributed by atoms with Crippen LogP contribution < -0.4 is 9.64 Å². The largest absolute Gasteiger partial charge is 0.477 e. The molecule has 0 aliphatic heterocycles. The predicted molar refractivity (Wildman–Crippen MR) is 152 cm³/mol. The fourth-order valence-electron chi connectivity index (χ4n) is 5.36. The lowest BCUT2D eigenvalue weighted by Crippen LogP contribution is -2.47. The molecule has 2 fully saturated rings. The van der Waals surface area contributed by atoms with Crippen LogP contribution in [0.25, 0.3) is 0 Å². The number of pyridine rings is 1. The van der Waals surface area contributed by atoms with E-state index in [4.69, 9.17) is 10.00 Å². The molecule has 2 heterocycles. The number of amides is 1. The van der Waals surface area contributed by atoms with Crippen molar-refractivity contribution in [2.75, 3.05) is 4.90 Å². The van der Waals surface area contributed by atoms with Crippen molar-refractivity contribution in [3.63, 3.8) is 0 Å². The minimum absolute atomic E-state index is 0.0327. The van der Waals surface area contributed by atoms with E-state index in [1.165, 1.54) is 0 Å². The second-order valence-corrected chi connectivity index (χ2v) is 12.9. The number of carbonyl (C=O) groups excluding carboxylic acids is 1. The molecule has 4 rings (SSSR count). The number of rotatable bonds is 6. The summed E-state index contributed by atoms with van der Waals surface area (Å²) in [5.74, 6) is 6.27. The van der Waals surface area contributed by atoms with E-state index in [0.717, 1.165) is 37.0 Å². The molecule has 0 spiro atoms. The van der Waals surface area contributed by atoms with Gasteiger partial charge < -0.3 is 14.7 Å². The summed E-state index contributed by atoms with van der Waals surface area (Å²) in [4.78, 5) is 33.3. The second-order valence-electron chi connectivity index (χ2n) is 11.8. The summed E-state index contributed by atoms with van der Waals surface area (Å²) in [6.45, 7) is 8.26. The molecule has 8 heteroatoms. The van der Waals surface area contributed by atoms with E-state index in [1.807, 2.05) is 26.8 Å². The maximum absolute atomic E-state index is 14.1. The molecule has 1 amide bonds. The highest BCUT2D eigenvalue weighted by atomic mass is 32.1. The number of ether oxygens (including phenoxy) is 1. The van der Waals surface area contributed by atoms with Gasteiger partial charge in [0, 0.05) is 23.4 Å². The highest BCUT2D eigenvalue weighted by molar-refractivity contribution is 7.15. The van der Waals surface area contributed by atoms with Crippen LogP contribution in [0.4, 0.5) is 5.69 Å². The van der Waals surface area contributed by atoms with Crippen molar-refractivity contribution in [2.45, 2.75) is 91.2 Å². The normalized spacial score (nSPS) is 23.2. The maximum atomic E-state index is 14.1. The smallest absolute Gasteiger partial charge is 0.348 e. The predicted octanol–water partition coefficient (Wildman–Crippen LogP) is 6.66. The van der Waals surface area contributed by atoms with E-state index in [1.54, 1.807) is 29.2 Å². The van der Waals surface area contributed by atoms with Gasteiger partial charge in [-0.25, -0.2) is 9.78 Å². The van der Waals surface area contributed by atoms with Crippen molar-refractivity contribution in [2.24, 2.45) is 17.3 Å².